The van der Waals surface area contributed by atoms with E-state index in [4.69, 9.17) is 4.74 Å². The molecule has 2 fully saturated rings. The summed E-state index contributed by atoms with van der Waals surface area (Å²) in [4.78, 5) is 14.0. The zero-order valence-corrected chi connectivity index (χ0v) is 11.3. The molecule has 5 heteroatoms. The third kappa shape index (κ3) is 4.12. The third-order valence-electron chi connectivity index (χ3n) is 3.61. The molecule has 2 unspecified atom stereocenters. The molecule has 0 aromatic rings. The van der Waals surface area contributed by atoms with Crippen LogP contribution in [-0.4, -0.2) is 49.7 Å². The van der Waals surface area contributed by atoms with E-state index in [0.717, 1.165) is 45.7 Å². The number of halogens is 1. The largest absolute Gasteiger partial charge is 0.381 e. The summed E-state index contributed by atoms with van der Waals surface area (Å²) in [5, 5.41) is 3.30. The molecule has 2 atom stereocenters. The Labute approximate surface area is 109 Å². The molecule has 1 N–H and O–H groups in total. The number of ether oxygens (including phenoxy) is 1. The average Bonchev–Trinajstić information content (AvgIpc) is 2.79. The SMILES string of the molecule is CC1CNCCN1C(=O)CCC1CCOC1.Cl. The topological polar surface area (TPSA) is 41.6 Å². The van der Waals surface area contributed by atoms with E-state index in [0.29, 0.717) is 24.3 Å². The quantitative estimate of drug-likeness (QED) is 0.827. The summed E-state index contributed by atoms with van der Waals surface area (Å²) in [5.41, 5.74) is 0. The van der Waals surface area contributed by atoms with Gasteiger partial charge < -0.3 is 15.0 Å². The van der Waals surface area contributed by atoms with Crippen molar-refractivity contribution in [2.24, 2.45) is 5.92 Å². The van der Waals surface area contributed by atoms with Crippen molar-refractivity contribution in [2.75, 3.05) is 32.8 Å². The van der Waals surface area contributed by atoms with Crippen LogP contribution >= 0.6 is 12.4 Å². The fourth-order valence-corrected chi connectivity index (χ4v) is 2.49. The van der Waals surface area contributed by atoms with Gasteiger partial charge in [-0.3, -0.25) is 4.79 Å². The van der Waals surface area contributed by atoms with Gasteiger partial charge in [-0.2, -0.15) is 0 Å². The first-order valence-electron chi connectivity index (χ1n) is 6.35. The van der Waals surface area contributed by atoms with E-state index in [9.17, 15) is 4.79 Å². The van der Waals surface area contributed by atoms with Crippen LogP contribution in [0.15, 0.2) is 0 Å². The van der Waals surface area contributed by atoms with E-state index in [2.05, 4.69) is 12.2 Å². The Kier molecular flexibility index (Phi) is 6.23. The van der Waals surface area contributed by atoms with Gasteiger partial charge >= 0.3 is 0 Å². The number of carbonyl (C=O) groups is 1. The second kappa shape index (κ2) is 7.19. The molecule has 0 aromatic heterocycles. The molecule has 0 aliphatic carbocycles. The minimum Gasteiger partial charge on any atom is -0.381 e. The predicted octanol–water partition coefficient (Wildman–Crippen LogP) is 1.05. The van der Waals surface area contributed by atoms with Gasteiger partial charge in [0.15, 0.2) is 0 Å². The van der Waals surface area contributed by atoms with Crippen molar-refractivity contribution in [3.63, 3.8) is 0 Å². The highest BCUT2D eigenvalue weighted by Crippen LogP contribution is 2.19. The normalized spacial score (nSPS) is 28.9. The molecule has 1 amide bonds. The second-order valence-electron chi connectivity index (χ2n) is 4.91. The van der Waals surface area contributed by atoms with Crippen LogP contribution in [0.25, 0.3) is 0 Å². The zero-order chi connectivity index (χ0) is 11.4. The first kappa shape index (κ1) is 14.7. The van der Waals surface area contributed by atoms with E-state index < -0.39 is 0 Å². The van der Waals surface area contributed by atoms with Crippen LogP contribution in [0.5, 0.6) is 0 Å². The Morgan fingerprint density at radius 3 is 3.00 bits per heavy atom. The first-order chi connectivity index (χ1) is 7.77. The molecule has 2 rings (SSSR count). The average molecular weight is 263 g/mol. The van der Waals surface area contributed by atoms with E-state index in [1.807, 2.05) is 4.90 Å². The standard InChI is InChI=1S/C12H22N2O2.ClH/c1-10-8-13-5-6-14(10)12(15)3-2-11-4-7-16-9-11;/h10-11,13H,2-9H2,1H3;1H. The molecular formula is C12H23ClN2O2. The lowest BCUT2D eigenvalue weighted by atomic mass is 10.0. The fourth-order valence-electron chi connectivity index (χ4n) is 2.49. The van der Waals surface area contributed by atoms with Gasteiger partial charge in [-0.05, 0) is 25.7 Å². The van der Waals surface area contributed by atoms with Gasteiger partial charge in [0.2, 0.25) is 5.91 Å². The second-order valence-corrected chi connectivity index (χ2v) is 4.91. The molecule has 17 heavy (non-hydrogen) atoms. The Morgan fingerprint density at radius 1 is 1.53 bits per heavy atom. The number of nitrogens with zero attached hydrogens (tertiary/aromatic N) is 1. The summed E-state index contributed by atoms with van der Waals surface area (Å²) in [5.74, 6) is 0.933. The summed E-state index contributed by atoms with van der Waals surface area (Å²) >= 11 is 0. The summed E-state index contributed by atoms with van der Waals surface area (Å²) in [6, 6.07) is 0.348. The van der Waals surface area contributed by atoms with Crippen molar-refractivity contribution in [2.45, 2.75) is 32.2 Å². The molecule has 0 spiro atoms. The van der Waals surface area contributed by atoms with Gasteiger partial charge in [0.1, 0.15) is 0 Å². The van der Waals surface area contributed by atoms with Gasteiger partial charge in [-0.15, -0.1) is 12.4 Å². The van der Waals surface area contributed by atoms with Crippen molar-refractivity contribution in [3.05, 3.63) is 0 Å². The van der Waals surface area contributed by atoms with Gasteiger partial charge in [-0.25, -0.2) is 0 Å². The number of piperazine rings is 1. The van der Waals surface area contributed by atoms with Crippen molar-refractivity contribution < 1.29 is 9.53 Å². The number of hydrogen-bond acceptors (Lipinski definition) is 3. The van der Waals surface area contributed by atoms with Gasteiger partial charge in [0, 0.05) is 45.3 Å². The summed E-state index contributed by atoms with van der Waals surface area (Å²) < 4.78 is 5.32. The zero-order valence-electron chi connectivity index (χ0n) is 10.5. The van der Waals surface area contributed by atoms with Crippen LogP contribution in [-0.2, 0) is 9.53 Å². The Balaban J connectivity index is 0.00000144. The molecule has 0 saturated carbocycles. The Morgan fingerprint density at radius 2 is 2.35 bits per heavy atom. The minimum absolute atomic E-state index is 0. The molecule has 0 aromatic carbocycles. The maximum atomic E-state index is 12.0. The van der Waals surface area contributed by atoms with Crippen LogP contribution in [0, 0.1) is 5.92 Å². The minimum atomic E-state index is 0. The molecule has 0 radical (unpaired) electrons. The predicted molar refractivity (Wildman–Crippen MR) is 69.5 cm³/mol. The summed E-state index contributed by atoms with van der Waals surface area (Å²) in [6.07, 6.45) is 2.82. The third-order valence-corrected chi connectivity index (χ3v) is 3.61. The highest BCUT2D eigenvalue weighted by molar-refractivity contribution is 5.85. The van der Waals surface area contributed by atoms with Gasteiger partial charge in [-0.1, -0.05) is 0 Å². The molecule has 2 aliphatic rings. The van der Waals surface area contributed by atoms with Crippen molar-refractivity contribution in [1.82, 2.24) is 10.2 Å². The Hall–Kier alpha value is -0.320. The van der Waals surface area contributed by atoms with Crippen molar-refractivity contribution in [3.8, 4) is 0 Å². The number of amides is 1. The highest BCUT2D eigenvalue weighted by atomic mass is 35.5. The molecule has 2 aliphatic heterocycles. The van der Waals surface area contributed by atoms with E-state index in [1.54, 1.807) is 0 Å². The number of rotatable bonds is 3. The van der Waals surface area contributed by atoms with Crippen molar-refractivity contribution >= 4 is 18.3 Å². The molecule has 4 nitrogen and oxygen atoms in total. The van der Waals surface area contributed by atoms with Crippen LogP contribution in [0.1, 0.15) is 26.2 Å². The van der Waals surface area contributed by atoms with Crippen molar-refractivity contribution in [1.29, 1.82) is 0 Å². The van der Waals surface area contributed by atoms with Crippen LogP contribution in [0.2, 0.25) is 0 Å². The first-order valence-corrected chi connectivity index (χ1v) is 6.35. The lowest BCUT2D eigenvalue weighted by Gasteiger charge is -2.34. The smallest absolute Gasteiger partial charge is 0.222 e. The van der Waals surface area contributed by atoms with Crippen LogP contribution in [0.3, 0.4) is 0 Å². The van der Waals surface area contributed by atoms with Crippen LogP contribution < -0.4 is 5.32 Å². The lowest BCUT2D eigenvalue weighted by molar-refractivity contribution is -0.134. The molecule has 100 valence electrons. The lowest BCUT2D eigenvalue weighted by Crippen LogP contribution is -2.52. The van der Waals surface area contributed by atoms with E-state index in [-0.39, 0.29) is 12.4 Å². The van der Waals surface area contributed by atoms with E-state index >= 15 is 0 Å². The molecular weight excluding hydrogens is 240 g/mol. The van der Waals surface area contributed by atoms with Gasteiger partial charge in [0.05, 0.1) is 0 Å². The molecule has 0 bridgehead atoms. The Bertz CT molecular complexity index is 245. The monoisotopic (exact) mass is 262 g/mol. The fraction of sp³-hybridized carbons (Fsp3) is 0.917. The summed E-state index contributed by atoms with van der Waals surface area (Å²) in [6.45, 7) is 6.57. The number of carbonyl (C=O) groups excluding carboxylic acids is 1. The highest BCUT2D eigenvalue weighted by Gasteiger charge is 2.24. The van der Waals surface area contributed by atoms with Gasteiger partial charge in [0.25, 0.3) is 0 Å². The maximum Gasteiger partial charge on any atom is 0.222 e. The maximum absolute atomic E-state index is 12.0. The molecule has 2 saturated heterocycles. The van der Waals surface area contributed by atoms with E-state index in [1.165, 1.54) is 0 Å². The van der Waals surface area contributed by atoms with Crippen LogP contribution in [0.4, 0.5) is 0 Å². The molecule has 2 heterocycles. The number of nitrogens with one attached hydrogen (secondary N) is 1. The number of hydrogen-bond donors (Lipinski definition) is 1. The summed E-state index contributed by atoms with van der Waals surface area (Å²) in [7, 11) is 0.